The fraction of sp³-hybridized carbons (Fsp3) is 0.0909. The predicted octanol–water partition coefficient (Wildman–Crippen LogP) is 2.41. The summed E-state index contributed by atoms with van der Waals surface area (Å²) in [6.45, 7) is 1.92. The molecule has 82 valence electrons. The number of amides is 1. The molecule has 1 amide bonds. The SMILES string of the molecule is Cc1cnc(NC(=O)c2ccc(O)cc2)s1. The number of aryl methyl sites for hydroxylation is 1. The zero-order valence-electron chi connectivity index (χ0n) is 8.60. The van der Waals surface area contributed by atoms with Crippen molar-refractivity contribution in [3.8, 4) is 5.75 Å². The molecule has 1 aromatic heterocycles. The summed E-state index contributed by atoms with van der Waals surface area (Å²) in [6.07, 6.45) is 1.71. The Bertz CT molecular complexity index is 505. The third-order valence-electron chi connectivity index (χ3n) is 1.97. The summed E-state index contributed by atoms with van der Waals surface area (Å²) >= 11 is 1.42. The van der Waals surface area contributed by atoms with Crippen LogP contribution in [-0.2, 0) is 0 Å². The topological polar surface area (TPSA) is 62.2 Å². The second kappa shape index (κ2) is 4.32. The predicted molar refractivity (Wildman–Crippen MR) is 62.9 cm³/mol. The summed E-state index contributed by atoms with van der Waals surface area (Å²) in [4.78, 5) is 16.8. The molecule has 4 nitrogen and oxygen atoms in total. The van der Waals surface area contributed by atoms with E-state index in [0.29, 0.717) is 10.7 Å². The van der Waals surface area contributed by atoms with E-state index >= 15 is 0 Å². The Balaban J connectivity index is 2.11. The zero-order valence-corrected chi connectivity index (χ0v) is 9.41. The van der Waals surface area contributed by atoms with Crippen LogP contribution in [0.5, 0.6) is 5.75 Å². The molecule has 0 bridgehead atoms. The lowest BCUT2D eigenvalue weighted by Crippen LogP contribution is -2.11. The molecule has 16 heavy (non-hydrogen) atoms. The standard InChI is InChI=1S/C11H10N2O2S/c1-7-6-12-11(16-7)13-10(15)8-2-4-9(14)5-3-8/h2-6,14H,1H3,(H,12,13,15). The highest BCUT2D eigenvalue weighted by molar-refractivity contribution is 7.15. The van der Waals surface area contributed by atoms with Crippen LogP contribution >= 0.6 is 11.3 Å². The van der Waals surface area contributed by atoms with Gasteiger partial charge in [0.05, 0.1) is 0 Å². The first-order chi connectivity index (χ1) is 7.65. The number of aromatic hydroxyl groups is 1. The van der Waals surface area contributed by atoms with Gasteiger partial charge in [-0.15, -0.1) is 11.3 Å². The number of carbonyl (C=O) groups excluding carboxylic acids is 1. The van der Waals surface area contributed by atoms with Crippen molar-refractivity contribution in [3.63, 3.8) is 0 Å². The van der Waals surface area contributed by atoms with E-state index in [9.17, 15) is 4.79 Å². The third-order valence-corrected chi connectivity index (χ3v) is 2.80. The first-order valence-electron chi connectivity index (χ1n) is 4.68. The molecule has 5 heteroatoms. The molecule has 2 N–H and O–H groups in total. The number of carbonyl (C=O) groups is 1. The van der Waals surface area contributed by atoms with Gasteiger partial charge in [0, 0.05) is 16.6 Å². The van der Waals surface area contributed by atoms with Gasteiger partial charge < -0.3 is 5.11 Å². The second-order valence-electron chi connectivity index (χ2n) is 3.28. The van der Waals surface area contributed by atoms with Gasteiger partial charge in [0.1, 0.15) is 5.75 Å². The van der Waals surface area contributed by atoms with Crippen molar-refractivity contribution in [1.29, 1.82) is 0 Å². The molecule has 0 saturated carbocycles. The lowest BCUT2D eigenvalue weighted by molar-refractivity contribution is 0.102. The molecule has 0 atom stereocenters. The van der Waals surface area contributed by atoms with Crippen molar-refractivity contribution in [2.45, 2.75) is 6.92 Å². The molecule has 2 rings (SSSR count). The summed E-state index contributed by atoms with van der Waals surface area (Å²) in [5.41, 5.74) is 0.491. The first-order valence-corrected chi connectivity index (χ1v) is 5.49. The molecular weight excluding hydrogens is 224 g/mol. The van der Waals surface area contributed by atoms with Crippen LogP contribution in [0.15, 0.2) is 30.5 Å². The Labute approximate surface area is 96.6 Å². The highest BCUT2D eigenvalue weighted by Crippen LogP contribution is 2.18. The lowest BCUT2D eigenvalue weighted by Gasteiger charge is -2.01. The van der Waals surface area contributed by atoms with Crippen LogP contribution in [0.2, 0.25) is 0 Å². The molecule has 0 aliphatic carbocycles. The summed E-state index contributed by atoms with van der Waals surface area (Å²) in [7, 11) is 0. The van der Waals surface area contributed by atoms with E-state index in [1.165, 1.54) is 23.5 Å². The van der Waals surface area contributed by atoms with Crippen LogP contribution < -0.4 is 5.32 Å². The fourth-order valence-corrected chi connectivity index (χ4v) is 1.85. The number of nitrogens with zero attached hydrogens (tertiary/aromatic N) is 1. The molecule has 0 spiro atoms. The van der Waals surface area contributed by atoms with Crippen LogP contribution in [0.1, 0.15) is 15.2 Å². The molecule has 0 saturated heterocycles. The Morgan fingerprint density at radius 1 is 1.38 bits per heavy atom. The van der Waals surface area contributed by atoms with E-state index in [0.717, 1.165) is 4.88 Å². The Morgan fingerprint density at radius 2 is 2.06 bits per heavy atom. The average Bonchev–Trinajstić information content (AvgIpc) is 2.65. The van der Waals surface area contributed by atoms with Gasteiger partial charge in [-0.05, 0) is 31.2 Å². The quantitative estimate of drug-likeness (QED) is 0.838. The van der Waals surface area contributed by atoms with Gasteiger partial charge in [-0.1, -0.05) is 0 Å². The molecule has 0 fully saturated rings. The van der Waals surface area contributed by atoms with Crippen LogP contribution in [0, 0.1) is 6.92 Å². The van der Waals surface area contributed by atoms with Crippen LogP contribution in [0.25, 0.3) is 0 Å². The molecule has 1 heterocycles. The van der Waals surface area contributed by atoms with E-state index in [-0.39, 0.29) is 11.7 Å². The first kappa shape index (κ1) is 10.6. The van der Waals surface area contributed by atoms with Gasteiger partial charge in [0.2, 0.25) is 0 Å². The molecule has 0 aliphatic rings. The van der Waals surface area contributed by atoms with Crippen LogP contribution in [0.4, 0.5) is 5.13 Å². The van der Waals surface area contributed by atoms with Crippen molar-refractivity contribution in [1.82, 2.24) is 4.98 Å². The van der Waals surface area contributed by atoms with Gasteiger partial charge in [-0.3, -0.25) is 10.1 Å². The molecule has 0 unspecified atom stereocenters. The summed E-state index contributed by atoms with van der Waals surface area (Å²) in [5, 5.41) is 12.4. The average molecular weight is 234 g/mol. The number of thiazole rings is 1. The number of rotatable bonds is 2. The molecule has 2 aromatic rings. The zero-order chi connectivity index (χ0) is 11.5. The van der Waals surface area contributed by atoms with Gasteiger partial charge >= 0.3 is 0 Å². The number of benzene rings is 1. The third kappa shape index (κ3) is 2.38. The van der Waals surface area contributed by atoms with Crippen LogP contribution in [-0.4, -0.2) is 16.0 Å². The normalized spacial score (nSPS) is 10.1. The lowest BCUT2D eigenvalue weighted by atomic mass is 10.2. The Morgan fingerprint density at radius 3 is 2.62 bits per heavy atom. The molecule has 1 aromatic carbocycles. The number of anilines is 1. The number of nitrogens with one attached hydrogen (secondary N) is 1. The van der Waals surface area contributed by atoms with Crippen molar-refractivity contribution in [2.24, 2.45) is 0 Å². The number of phenols is 1. The monoisotopic (exact) mass is 234 g/mol. The van der Waals surface area contributed by atoms with Crippen molar-refractivity contribution < 1.29 is 9.90 Å². The second-order valence-corrected chi connectivity index (χ2v) is 4.51. The van der Waals surface area contributed by atoms with E-state index < -0.39 is 0 Å². The summed E-state index contributed by atoms with van der Waals surface area (Å²) in [6, 6.07) is 6.07. The smallest absolute Gasteiger partial charge is 0.257 e. The fourth-order valence-electron chi connectivity index (χ4n) is 1.19. The van der Waals surface area contributed by atoms with Crippen LogP contribution in [0.3, 0.4) is 0 Å². The molecular formula is C11H10N2O2S. The number of aromatic nitrogens is 1. The maximum atomic E-state index is 11.7. The maximum Gasteiger partial charge on any atom is 0.257 e. The van der Waals surface area contributed by atoms with E-state index in [1.807, 2.05) is 6.92 Å². The van der Waals surface area contributed by atoms with Crippen molar-refractivity contribution in [2.75, 3.05) is 5.32 Å². The minimum absolute atomic E-state index is 0.140. The highest BCUT2D eigenvalue weighted by Gasteiger charge is 2.07. The van der Waals surface area contributed by atoms with E-state index in [2.05, 4.69) is 10.3 Å². The minimum atomic E-state index is -0.227. The van der Waals surface area contributed by atoms with Crippen molar-refractivity contribution in [3.05, 3.63) is 40.9 Å². The highest BCUT2D eigenvalue weighted by atomic mass is 32.1. The van der Waals surface area contributed by atoms with Gasteiger partial charge in [0.15, 0.2) is 5.13 Å². The number of hydrogen-bond acceptors (Lipinski definition) is 4. The van der Waals surface area contributed by atoms with Gasteiger partial charge in [-0.2, -0.15) is 0 Å². The van der Waals surface area contributed by atoms with Gasteiger partial charge in [-0.25, -0.2) is 4.98 Å². The Hall–Kier alpha value is -1.88. The number of hydrogen-bond donors (Lipinski definition) is 2. The summed E-state index contributed by atoms with van der Waals surface area (Å²) in [5.74, 6) is -0.0870. The largest absolute Gasteiger partial charge is 0.508 e. The summed E-state index contributed by atoms with van der Waals surface area (Å²) < 4.78 is 0. The van der Waals surface area contributed by atoms with Crippen molar-refractivity contribution >= 4 is 22.4 Å². The Kier molecular flexibility index (Phi) is 2.87. The van der Waals surface area contributed by atoms with E-state index in [1.54, 1.807) is 18.3 Å². The maximum absolute atomic E-state index is 11.7. The molecule has 0 aliphatic heterocycles. The molecule has 0 radical (unpaired) electrons. The minimum Gasteiger partial charge on any atom is -0.508 e. The van der Waals surface area contributed by atoms with Gasteiger partial charge in [0.25, 0.3) is 5.91 Å². The number of phenolic OH excluding ortho intramolecular Hbond substituents is 1. The van der Waals surface area contributed by atoms with E-state index in [4.69, 9.17) is 5.11 Å².